The molecular weight excluding hydrogens is 320 g/mol. The molecule has 4 heteroatoms. The second-order valence-electron chi connectivity index (χ2n) is 6.58. The normalized spacial score (nSPS) is 17.2. The van der Waals surface area contributed by atoms with E-state index in [1.165, 1.54) is 16.7 Å². The van der Waals surface area contributed by atoms with Crippen molar-refractivity contribution in [1.29, 1.82) is 0 Å². The molecule has 4 rings (SSSR count). The molecule has 1 aliphatic heterocycles. The summed E-state index contributed by atoms with van der Waals surface area (Å²) >= 11 is 0. The highest BCUT2D eigenvalue weighted by atomic mass is 15.1. The predicted molar refractivity (Wildman–Crippen MR) is 106 cm³/mol. The van der Waals surface area contributed by atoms with Crippen molar-refractivity contribution in [2.45, 2.75) is 12.1 Å². The van der Waals surface area contributed by atoms with E-state index in [1.807, 2.05) is 18.3 Å². The van der Waals surface area contributed by atoms with E-state index in [2.05, 4.69) is 81.6 Å². The van der Waals surface area contributed by atoms with Gasteiger partial charge in [-0.3, -0.25) is 0 Å². The monoisotopic (exact) mass is 344 g/mol. The van der Waals surface area contributed by atoms with Gasteiger partial charge in [0.05, 0.1) is 6.04 Å². The maximum atomic E-state index is 4.57. The van der Waals surface area contributed by atoms with Crippen LogP contribution in [-0.2, 0) is 0 Å². The van der Waals surface area contributed by atoms with Crippen LogP contribution in [0.4, 0.5) is 5.82 Å². The summed E-state index contributed by atoms with van der Waals surface area (Å²) in [5.41, 5.74) is 3.71. The van der Waals surface area contributed by atoms with Crippen LogP contribution in [0.5, 0.6) is 0 Å². The summed E-state index contributed by atoms with van der Waals surface area (Å²) in [6.07, 6.45) is 1.89. The molecule has 1 unspecified atom stereocenters. The Morgan fingerprint density at radius 1 is 0.885 bits per heavy atom. The van der Waals surface area contributed by atoms with Gasteiger partial charge in [0.25, 0.3) is 0 Å². The van der Waals surface area contributed by atoms with Crippen molar-refractivity contribution in [3.05, 3.63) is 95.7 Å². The number of nitrogens with zero attached hydrogens (tertiary/aromatic N) is 1. The minimum absolute atomic E-state index is 0.0672. The third-order valence-corrected chi connectivity index (χ3v) is 4.79. The smallest absolute Gasteiger partial charge is 0.126 e. The first-order chi connectivity index (χ1) is 12.9. The molecule has 1 atom stereocenters. The van der Waals surface area contributed by atoms with E-state index in [0.29, 0.717) is 6.04 Å². The zero-order chi connectivity index (χ0) is 17.6. The van der Waals surface area contributed by atoms with Gasteiger partial charge in [-0.05, 0) is 28.8 Å². The largest absolute Gasteiger partial charge is 0.359 e. The van der Waals surface area contributed by atoms with Crippen LogP contribution >= 0.6 is 0 Å². The van der Waals surface area contributed by atoms with Crippen molar-refractivity contribution < 1.29 is 0 Å². The Bertz CT molecular complexity index is 774. The predicted octanol–water partition coefficient (Wildman–Crippen LogP) is 3.52. The fraction of sp³-hybridized carbons (Fsp3) is 0.227. The molecule has 1 aliphatic rings. The van der Waals surface area contributed by atoms with Crippen LogP contribution in [0, 0.1) is 0 Å². The van der Waals surface area contributed by atoms with Crippen molar-refractivity contribution in [1.82, 2.24) is 15.6 Å². The molecule has 1 fully saturated rings. The zero-order valence-corrected chi connectivity index (χ0v) is 14.7. The highest BCUT2D eigenvalue weighted by Crippen LogP contribution is 2.27. The van der Waals surface area contributed by atoms with Crippen LogP contribution in [0.3, 0.4) is 0 Å². The van der Waals surface area contributed by atoms with Crippen molar-refractivity contribution in [3.8, 4) is 0 Å². The van der Waals surface area contributed by atoms with Crippen molar-refractivity contribution >= 4 is 5.82 Å². The van der Waals surface area contributed by atoms with Gasteiger partial charge in [-0.1, -0.05) is 60.7 Å². The molecular formula is C22H24N4. The van der Waals surface area contributed by atoms with Gasteiger partial charge in [0, 0.05) is 31.9 Å². The SMILES string of the molecule is c1ccc(C(Nc2cc(C3CNCCN3)ccn2)c2ccccc2)cc1. The van der Waals surface area contributed by atoms with Crippen LogP contribution in [0.1, 0.15) is 28.8 Å². The Hall–Kier alpha value is -2.69. The molecule has 0 bridgehead atoms. The van der Waals surface area contributed by atoms with Gasteiger partial charge in [0.15, 0.2) is 0 Å². The Balaban J connectivity index is 1.62. The van der Waals surface area contributed by atoms with Crippen LogP contribution in [-0.4, -0.2) is 24.6 Å². The summed E-state index contributed by atoms with van der Waals surface area (Å²) in [5, 5.41) is 10.6. The van der Waals surface area contributed by atoms with Crippen LogP contribution in [0.2, 0.25) is 0 Å². The summed E-state index contributed by atoms with van der Waals surface area (Å²) in [5.74, 6) is 0.896. The number of hydrogen-bond donors (Lipinski definition) is 3. The van der Waals surface area contributed by atoms with Gasteiger partial charge < -0.3 is 16.0 Å². The number of hydrogen-bond acceptors (Lipinski definition) is 4. The standard InChI is InChI=1S/C22H24N4/c1-3-7-17(8-4-1)22(18-9-5-2-6-10-18)26-21-15-19(11-12-25-21)20-16-23-13-14-24-20/h1-12,15,20,22-24H,13-14,16H2,(H,25,26). The summed E-state index contributed by atoms with van der Waals surface area (Å²) in [4.78, 5) is 4.57. The fourth-order valence-electron chi connectivity index (χ4n) is 3.43. The molecule has 0 radical (unpaired) electrons. The third-order valence-electron chi connectivity index (χ3n) is 4.79. The summed E-state index contributed by atoms with van der Waals surface area (Å²) in [6, 6.07) is 25.7. The number of anilines is 1. The van der Waals surface area contributed by atoms with E-state index in [4.69, 9.17) is 0 Å². The fourth-order valence-corrected chi connectivity index (χ4v) is 3.43. The minimum atomic E-state index is 0.0672. The molecule has 3 aromatic rings. The van der Waals surface area contributed by atoms with Gasteiger partial charge in [-0.25, -0.2) is 4.98 Å². The molecule has 0 aliphatic carbocycles. The topological polar surface area (TPSA) is 49.0 Å². The van der Waals surface area contributed by atoms with E-state index in [9.17, 15) is 0 Å². The summed E-state index contributed by atoms with van der Waals surface area (Å²) in [7, 11) is 0. The Morgan fingerprint density at radius 2 is 1.58 bits per heavy atom. The zero-order valence-electron chi connectivity index (χ0n) is 14.7. The minimum Gasteiger partial charge on any atom is -0.359 e. The van der Waals surface area contributed by atoms with Gasteiger partial charge in [-0.2, -0.15) is 0 Å². The Kier molecular flexibility index (Phi) is 5.24. The lowest BCUT2D eigenvalue weighted by molar-refractivity contribution is 0.430. The molecule has 1 aromatic heterocycles. The van der Waals surface area contributed by atoms with Gasteiger partial charge >= 0.3 is 0 Å². The Morgan fingerprint density at radius 3 is 2.19 bits per heavy atom. The van der Waals surface area contributed by atoms with E-state index in [1.54, 1.807) is 0 Å². The van der Waals surface area contributed by atoms with E-state index in [0.717, 1.165) is 25.5 Å². The molecule has 2 heterocycles. The summed E-state index contributed by atoms with van der Waals surface area (Å²) in [6.45, 7) is 2.97. The van der Waals surface area contributed by atoms with Crippen LogP contribution in [0.15, 0.2) is 79.0 Å². The maximum absolute atomic E-state index is 4.57. The number of piperazine rings is 1. The first-order valence-electron chi connectivity index (χ1n) is 9.16. The average molecular weight is 344 g/mol. The lowest BCUT2D eigenvalue weighted by atomic mass is 9.98. The van der Waals surface area contributed by atoms with E-state index >= 15 is 0 Å². The molecule has 26 heavy (non-hydrogen) atoms. The number of pyridine rings is 1. The molecule has 0 amide bonds. The molecule has 4 nitrogen and oxygen atoms in total. The maximum Gasteiger partial charge on any atom is 0.126 e. The molecule has 132 valence electrons. The number of aromatic nitrogens is 1. The molecule has 2 aromatic carbocycles. The van der Waals surface area contributed by atoms with Crippen molar-refractivity contribution in [2.75, 3.05) is 25.0 Å². The van der Waals surface area contributed by atoms with Crippen molar-refractivity contribution in [3.63, 3.8) is 0 Å². The highest BCUT2D eigenvalue weighted by molar-refractivity contribution is 5.46. The van der Waals surface area contributed by atoms with Gasteiger partial charge in [-0.15, -0.1) is 0 Å². The van der Waals surface area contributed by atoms with E-state index < -0.39 is 0 Å². The quantitative estimate of drug-likeness (QED) is 0.663. The second-order valence-corrected chi connectivity index (χ2v) is 6.58. The molecule has 0 spiro atoms. The average Bonchev–Trinajstić information content (AvgIpc) is 2.74. The molecule has 1 saturated heterocycles. The number of nitrogens with one attached hydrogen (secondary N) is 3. The van der Waals surface area contributed by atoms with Crippen LogP contribution < -0.4 is 16.0 Å². The second kappa shape index (κ2) is 8.13. The van der Waals surface area contributed by atoms with Crippen LogP contribution in [0.25, 0.3) is 0 Å². The third kappa shape index (κ3) is 3.93. The van der Waals surface area contributed by atoms with Crippen molar-refractivity contribution in [2.24, 2.45) is 0 Å². The first kappa shape index (κ1) is 16.8. The highest BCUT2D eigenvalue weighted by Gasteiger charge is 2.17. The Labute approximate surface area is 154 Å². The lowest BCUT2D eigenvalue weighted by Crippen LogP contribution is -2.42. The molecule has 3 N–H and O–H groups in total. The summed E-state index contributed by atoms with van der Waals surface area (Å²) < 4.78 is 0. The number of benzene rings is 2. The lowest BCUT2D eigenvalue weighted by Gasteiger charge is -2.26. The van der Waals surface area contributed by atoms with Gasteiger partial charge in [0.1, 0.15) is 5.82 Å². The number of rotatable bonds is 5. The van der Waals surface area contributed by atoms with Gasteiger partial charge in [0.2, 0.25) is 0 Å². The first-order valence-corrected chi connectivity index (χ1v) is 9.16. The molecule has 0 saturated carbocycles. The van der Waals surface area contributed by atoms with E-state index in [-0.39, 0.29) is 6.04 Å².